The third-order valence-electron chi connectivity index (χ3n) is 1.82. The molecule has 0 radical (unpaired) electrons. The summed E-state index contributed by atoms with van der Waals surface area (Å²) in [4.78, 5) is 22.6. The molecule has 16 heavy (non-hydrogen) atoms. The highest BCUT2D eigenvalue weighted by Gasteiger charge is 2.29. The first kappa shape index (κ1) is 12.4. The van der Waals surface area contributed by atoms with Crippen molar-refractivity contribution in [2.75, 3.05) is 6.54 Å². The number of ether oxygens (including phenoxy) is 1. The Morgan fingerprint density at radius 3 is 2.50 bits per heavy atom. The van der Waals surface area contributed by atoms with Crippen LogP contribution in [0, 0.1) is 0 Å². The SMILES string of the molecule is CC(C)(C)OC(=O)N1C=CCCN1C(=O)O. The zero-order valence-electron chi connectivity index (χ0n) is 9.64. The molecule has 0 aliphatic carbocycles. The van der Waals surface area contributed by atoms with Gasteiger partial charge in [-0.25, -0.2) is 14.6 Å². The summed E-state index contributed by atoms with van der Waals surface area (Å²) < 4.78 is 5.09. The van der Waals surface area contributed by atoms with Crippen LogP contribution < -0.4 is 0 Å². The fourth-order valence-corrected chi connectivity index (χ4v) is 1.22. The maximum Gasteiger partial charge on any atom is 0.433 e. The van der Waals surface area contributed by atoms with Gasteiger partial charge in [-0.2, -0.15) is 5.01 Å². The van der Waals surface area contributed by atoms with Crippen molar-refractivity contribution >= 4 is 12.2 Å². The van der Waals surface area contributed by atoms with Gasteiger partial charge in [-0.1, -0.05) is 6.08 Å². The van der Waals surface area contributed by atoms with Crippen molar-refractivity contribution in [2.45, 2.75) is 32.8 Å². The number of amides is 2. The molecule has 2 amide bonds. The summed E-state index contributed by atoms with van der Waals surface area (Å²) in [5.41, 5.74) is -0.646. The lowest BCUT2D eigenvalue weighted by Gasteiger charge is -2.33. The Bertz CT molecular complexity index is 319. The van der Waals surface area contributed by atoms with E-state index in [0.29, 0.717) is 6.42 Å². The summed E-state index contributed by atoms with van der Waals surface area (Å²) >= 11 is 0. The fourth-order valence-electron chi connectivity index (χ4n) is 1.22. The molecule has 90 valence electrons. The van der Waals surface area contributed by atoms with Crippen LogP contribution in [0.15, 0.2) is 12.3 Å². The molecule has 0 saturated carbocycles. The minimum absolute atomic E-state index is 0.255. The van der Waals surface area contributed by atoms with E-state index >= 15 is 0 Å². The Hall–Kier alpha value is -1.72. The molecule has 0 unspecified atom stereocenters. The van der Waals surface area contributed by atoms with Gasteiger partial charge in [-0.15, -0.1) is 0 Å². The Kier molecular flexibility index (Phi) is 3.41. The first-order valence-electron chi connectivity index (χ1n) is 5.00. The van der Waals surface area contributed by atoms with Gasteiger partial charge in [0.1, 0.15) is 5.60 Å². The number of carbonyl (C=O) groups is 2. The lowest BCUT2D eigenvalue weighted by Crippen LogP contribution is -2.49. The summed E-state index contributed by atoms with van der Waals surface area (Å²) in [5, 5.41) is 10.8. The van der Waals surface area contributed by atoms with Gasteiger partial charge in [0.25, 0.3) is 0 Å². The van der Waals surface area contributed by atoms with Crippen LogP contribution in [0.3, 0.4) is 0 Å². The molecule has 0 fully saturated rings. The quantitative estimate of drug-likeness (QED) is 0.688. The van der Waals surface area contributed by atoms with Gasteiger partial charge in [-0.3, -0.25) is 0 Å². The predicted molar refractivity (Wildman–Crippen MR) is 56.6 cm³/mol. The average Bonchev–Trinajstić information content (AvgIpc) is 2.15. The van der Waals surface area contributed by atoms with Crippen LogP contribution in [0.25, 0.3) is 0 Å². The molecule has 0 aromatic rings. The first-order chi connectivity index (χ1) is 7.31. The lowest BCUT2D eigenvalue weighted by atomic mass is 10.2. The van der Waals surface area contributed by atoms with E-state index in [1.807, 2.05) is 0 Å². The molecule has 6 heteroatoms. The Labute approximate surface area is 94.0 Å². The van der Waals surface area contributed by atoms with Gasteiger partial charge >= 0.3 is 12.2 Å². The zero-order chi connectivity index (χ0) is 12.3. The smallest absolute Gasteiger partial charge is 0.433 e. The monoisotopic (exact) mass is 228 g/mol. The molecule has 0 aromatic heterocycles. The number of carbonyl (C=O) groups excluding carboxylic acids is 1. The predicted octanol–water partition coefficient (Wildman–Crippen LogP) is 2.04. The third kappa shape index (κ3) is 3.15. The van der Waals surface area contributed by atoms with Crippen LogP contribution in [0.1, 0.15) is 27.2 Å². The van der Waals surface area contributed by atoms with Crippen molar-refractivity contribution in [3.8, 4) is 0 Å². The molecule has 0 spiro atoms. The molecule has 0 atom stereocenters. The topological polar surface area (TPSA) is 70.1 Å². The van der Waals surface area contributed by atoms with Crippen LogP contribution in [-0.4, -0.2) is 39.5 Å². The van der Waals surface area contributed by atoms with Crippen LogP contribution in [0.4, 0.5) is 9.59 Å². The number of nitrogens with zero attached hydrogens (tertiary/aromatic N) is 2. The Balaban J connectivity index is 2.76. The van der Waals surface area contributed by atoms with E-state index in [-0.39, 0.29) is 6.54 Å². The van der Waals surface area contributed by atoms with Gasteiger partial charge in [0.15, 0.2) is 0 Å². The minimum Gasteiger partial charge on any atom is -0.464 e. The van der Waals surface area contributed by atoms with Crippen LogP contribution in [0.2, 0.25) is 0 Å². The number of hydrazine groups is 1. The molecule has 1 rings (SSSR count). The van der Waals surface area contributed by atoms with E-state index in [1.54, 1.807) is 26.8 Å². The largest absolute Gasteiger partial charge is 0.464 e. The second kappa shape index (κ2) is 4.42. The van der Waals surface area contributed by atoms with Crippen molar-refractivity contribution in [1.29, 1.82) is 0 Å². The van der Waals surface area contributed by atoms with E-state index in [1.165, 1.54) is 6.20 Å². The van der Waals surface area contributed by atoms with Gasteiger partial charge in [-0.05, 0) is 27.2 Å². The second-order valence-electron chi connectivity index (χ2n) is 4.40. The first-order valence-corrected chi connectivity index (χ1v) is 5.00. The van der Waals surface area contributed by atoms with Crippen molar-refractivity contribution in [1.82, 2.24) is 10.0 Å². The molecule has 0 aromatic carbocycles. The highest BCUT2D eigenvalue weighted by atomic mass is 16.6. The molecule has 6 nitrogen and oxygen atoms in total. The minimum atomic E-state index is -1.17. The van der Waals surface area contributed by atoms with Crippen molar-refractivity contribution in [3.05, 3.63) is 12.3 Å². The Morgan fingerprint density at radius 1 is 1.38 bits per heavy atom. The molecule has 1 aliphatic rings. The number of carboxylic acid groups (broad SMARTS) is 1. The molecule has 1 N–H and O–H groups in total. The summed E-state index contributed by atoms with van der Waals surface area (Å²) in [6.07, 6.45) is 1.86. The van der Waals surface area contributed by atoms with Gasteiger partial charge < -0.3 is 9.84 Å². The number of hydrogen-bond donors (Lipinski definition) is 1. The highest BCUT2D eigenvalue weighted by molar-refractivity contribution is 5.74. The standard InChI is InChI=1S/C10H16N2O4/c1-10(2,3)16-9(15)12-7-5-4-6-11(12)8(13)14/h5,7H,4,6H2,1-3H3,(H,13,14). The second-order valence-corrected chi connectivity index (χ2v) is 4.40. The van der Waals surface area contributed by atoms with Crippen LogP contribution in [0.5, 0.6) is 0 Å². The van der Waals surface area contributed by atoms with Crippen LogP contribution >= 0.6 is 0 Å². The number of rotatable bonds is 0. The van der Waals surface area contributed by atoms with Gasteiger partial charge in [0.05, 0.1) is 6.54 Å². The fraction of sp³-hybridized carbons (Fsp3) is 0.600. The summed E-state index contributed by atoms with van der Waals surface area (Å²) in [5.74, 6) is 0. The average molecular weight is 228 g/mol. The van der Waals surface area contributed by atoms with Gasteiger partial charge in [0, 0.05) is 6.20 Å². The van der Waals surface area contributed by atoms with E-state index < -0.39 is 17.8 Å². The van der Waals surface area contributed by atoms with Crippen molar-refractivity contribution in [3.63, 3.8) is 0 Å². The normalized spacial score (nSPS) is 16.2. The number of hydrogen-bond acceptors (Lipinski definition) is 3. The lowest BCUT2D eigenvalue weighted by molar-refractivity contribution is -0.0218. The van der Waals surface area contributed by atoms with Crippen LogP contribution in [-0.2, 0) is 4.74 Å². The Morgan fingerprint density at radius 2 is 2.00 bits per heavy atom. The molecule has 1 heterocycles. The maximum atomic E-state index is 11.7. The zero-order valence-corrected chi connectivity index (χ0v) is 9.64. The molecule has 0 saturated heterocycles. The maximum absolute atomic E-state index is 11.7. The third-order valence-corrected chi connectivity index (χ3v) is 1.82. The van der Waals surface area contributed by atoms with Gasteiger partial charge in [0.2, 0.25) is 0 Å². The van der Waals surface area contributed by atoms with E-state index in [2.05, 4.69) is 0 Å². The molecular formula is C10H16N2O4. The van der Waals surface area contributed by atoms with E-state index in [4.69, 9.17) is 9.84 Å². The molecule has 1 aliphatic heterocycles. The molecular weight excluding hydrogens is 212 g/mol. The van der Waals surface area contributed by atoms with Crippen molar-refractivity contribution < 1.29 is 19.4 Å². The summed E-state index contributed by atoms with van der Waals surface area (Å²) in [6, 6.07) is 0. The molecule has 0 bridgehead atoms. The summed E-state index contributed by atoms with van der Waals surface area (Å²) in [7, 11) is 0. The van der Waals surface area contributed by atoms with E-state index in [0.717, 1.165) is 10.0 Å². The van der Waals surface area contributed by atoms with E-state index in [9.17, 15) is 9.59 Å². The summed E-state index contributed by atoms with van der Waals surface area (Å²) in [6.45, 7) is 5.43. The highest BCUT2D eigenvalue weighted by Crippen LogP contribution is 2.15. The van der Waals surface area contributed by atoms with Crippen molar-refractivity contribution in [2.24, 2.45) is 0 Å².